The molecule has 0 saturated heterocycles. The topological polar surface area (TPSA) is 34.4 Å². The van der Waals surface area contributed by atoms with Gasteiger partial charge in [-0.1, -0.05) is 12.2 Å². The third-order valence-electron chi connectivity index (χ3n) is 1.77. The Morgan fingerprint density at radius 3 is 2.88 bits per heavy atom. The minimum atomic E-state index is 0.625. The molecule has 0 radical (unpaired) electrons. The summed E-state index contributed by atoms with van der Waals surface area (Å²) in [5.74, 6) is 0.888. The predicted octanol–water partition coefficient (Wildman–Crippen LogP) is 3.49. The first-order chi connectivity index (χ1) is 7.59. The van der Waals surface area contributed by atoms with Crippen molar-refractivity contribution in [2.45, 2.75) is 13.5 Å². The first-order valence-electron chi connectivity index (χ1n) is 4.96. The Morgan fingerprint density at radius 2 is 2.31 bits per heavy atom. The van der Waals surface area contributed by atoms with Gasteiger partial charge in [-0.05, 0) is 44.8 Å². The minimum absolute atomic E-state index is 0.625. The second-order valence-electron chi connectivity index (χ2n) is 3.52. The zero-order chi connectivity index (χ0) is 12.0. The molecule has 0 saturated carbocycles. The van der Waals surface area contributed by atoms with Crippen LogP contribution in [0.2, 0.25) is 0 Å². The molecule has 1 aromatic heterocycles. The Labute approximate surface area is 112 Å². The molecule has 0 spiro atoms. The lowest BCUT2D eigenvalue weighted by atomic mass is 10.4. The van der Waals surface area contributed by atoms with Crippen molar-refractivity contribution in [3.8, 4) is 0 Å². The van der Waals surface area contributed by atoms with Gasteiger partial charge in [-0.15, -0.1) is 0 Å². The molecule has 0 aliphatic carbocycles. The van der Waals surface area contributed by atoms with Crippen molar-refractivity contribution in [2.75, 3.05) is 19.8 Å². The maximum absolute atomic E-state index is 5.41. The number of hydrogen-bond acceptors (Lipinski definition) is 3. The van der Waals surface area contributed by atoms with Crippen LogP contribution in [-0.4, -0.2) is 19.8 Å². The highest BCUT2D eigenvalue weighted by atomic mass is 79.9. The summed E-state index contributed by atoms with van der Waals surface area (Å²) >= 11 is 6.65. The zero-order valence-corrected chi connectivity index (χ0v) is 12.4. The van der Waals surface area contributed by atoms with Crippen LogP contribution in [0.3, 0.4) is 0 Å². The van der Waals surface area contributed by atoms with Gasteiger partial charge >= 0.3 is 0 Å². The highest BCUT2D eigenvalue weighted by Gasteiger charge is 2.04. The van der Waals surface area contributed by atoms with E-state index in [2.05, 4.69) is 43.8 Å². The largest absolute Gasteiger partial charge is 0.452 e. The van der Waals surface area contributed by atoms with Crippen molar-refractivity contribution < 1.29 is 9.15 Å². The summed E-state index contributed by atoms with van der Waals surface area (Å²) in [5.41, 5.74) is 1.04. The molecule has 0 unspecified atom stereocenters. The van der Waals surface area contributed by atoms with Crippen molar-refractivity contribution in [1.29, 1.82) is 0 Å². The molecule has 0 fully saturated rings. The van der Waals surface area contributed by atoms with E-state index in [9.17, 15) is 0 Å². The summed E-state index contributed by atoms with van der Waals surface area (Å²) in [6.45, 7) is 8.50. The van der Waals surface area contributed by atoms with E-state index >= 15 is 0 Å². The van der Waals surface area contributed by atoms with E-state index in [1.807, 2.05) is 13.0 Å². The molecule has 0 aliphatic heterocycles. The number of furan rings is 1. The van der Waals surface area contributed by atoms with E-state index in [4.69, 9.17) is 9.15 Å². The van der Waals surface area contributed by atoms with Gasteiger partial charge in [-0.3, -0.25) is 0 Å². The van der Waals surface area contributed by atoms with Gasteiger partial charge in [-0.25, -0.2) is 0 Å². The Morgan fingerprint density at radius 1 is 1.56 bits per heavy atom. The van der Waals surface area contributed by atoms with Crippen LogP contribution in [0.15, 0.2) is 31.8 Å². The number of rotatable bonds is 7. The van der Waals surface area contributed by atoms with E-state index in [1.54, 1.807) is 0 Å². The predicted molar refractivity (Wildman–Crippen MR) is 71.4 cm³/mol. The maximum atomic E-state index is 5.41. The summed E-state index contributed by atoms with van der Waals surface area (Å²) in [7, 11) is 0. The van der Waals surface area contributed by atoms with E-state index in [-0.39, 0.29) is 0 Å². The van der Waals surface area contributed by atoms with Crippen molar-refractivity contribution in [3.63, 3.8) is 0 Å². The Balaban J connectivity index is 2.09. The monoisotopic (exact) mass is 351 g/mol. The average Bonchev–Trinajstić information content (AvgIpc) is 2.52. The second kappa shape index (κ2) is 7.27. The standard InChI is InChI=1S/C11H15Br2NO2/c1-8(2)7-15-4-3-14-6-9-5-10(12)11(13)16-9/h5,14H,1,3-4,6-7H2,2H3. The number of hydrogen-bond donors (Lipinski definition) is 1. The first-order valence-corrected chi connectivity index (χ1v) is 6.54. The van der Waals surface area contributed by atoms with Crippen LogP contribution in [0.25, 0.3) is 0 Å². The van der Waals surface area contributed by atoms with E-state index < -0.39 is 0 Å². The minimum Gasteiger partial charge on any atom is -0.452 e. The van der Waals surface area contributed by atoms with Crippen molar-refractivity contribution >= 4 is 31.9 Å². The molecule has 1 heterocycles. The summed E-state index contributed by atoms with van der Waals surface area (Å²) in [6, 6.07) is 1.94. The van der Waals surface area contributed by atoms with Crippen LogP contribution in [0, 0.1) is 0 Å². The molecule has 90 valence electrons. The number of halogens is 2. The van der Waals surface area contributed by atoms with Gasteiger partial charge in [0.1, 0.15) is 5.76 Å². The highest BCUT2D eigenvalue weighted by Crippen LogP contribution is 2.26. The summed E-state index contributed by atoms with van der Waals surface area (Å²) < 4.78 is 12.4. The van der Waals surface area contributed by atoms with Crippen molar-refractivity contribution in [1.82, 2.24) is 5.32 Å². The highest BCUT2D eigenvalue weighted by molar-refractivity contribution is 9.13. The van der Waals surface area contributed by atoms with Crippen LogP contribution in [0.1, 0.15) is 12.7 Å². The Bertz CT molecular complexity index is 330. The fourth-order valence-electron chi connectivity index (χ4n) is 1.08. The van der Waals surface area contributed by atoms with Crippen LogP contribution in [0.5, 0.6) is 0 Å². The van der Waals surface area contributed by atoms with Gasteiger partial charge in [0.25, 0.3) is 0 Å². The molecule has 0 aromatic carbocycles. The zero-order valence-electron chi connectivity index (χ0n) is 9.19. The molecule has 3 nitrogen and oxygen atoms in total. The molecule has 1 N–H and O–H groups in total. The van der Waals surface area contributed by atoms with Gasteiger partial charge < -0.3 is 14.5 Å². The van der Waals surface area contributed by atoms with Crippen LogP contribution >= 0.6 is 31.9 Å². The lowest BCUT2D eigenvalue weighted by Gasteiger charge is -2.04. The molecule has 16 heavy (non-hydrogen) atoms. The third kappa shape index (κ3) is 5.30. The molecule has 5 heteroatoms. The fraction of sp³-hybridized carbons (Fsp3) is 0.455. The van der Waals surface area contributed by atoms with Crippen LogP contribution in [0.4, 0.5) is 0 Å². The lowest BCUT2D eigenvalue weighted by molar-refractivity contribution is 0.157. The van der Waals surface area contributed by atoms with E-state index in [0.29, 0.717) is 19.8 Å². The second-order valence-corrected chi connectivity index (χ2v) is 5.10. The molecule has 1 aromatic rings. The molecule has 0 atom stereocenters. The van der Waals surface area contributed by atoms with Gasteiger partial charge in [0.15, 0.2) is 4.67 Å². The summed E-state index contributed by atoms with van der Waals surface area (Å²) in [5, 5.41) is 3.23. The molecule has 0 bridgehead atoms. The third-order valence-corrected chi connectivity index (χ3v) is 3.48. The van der Waals surface area contributed by atoms with Gasteiger partial charge in [0, 0.05) is 6.54 Å². The summed E-state index contributed by atoms with van der Waals surface area (Å²) in [4.78, 5) is 0. The SMILES string of the molecule is C=C(C)COCCNCc1cc(Br)c(Br)o1. The molecule has 0 aliphatic rings. The molecule has 0 amide bonds. The molecular weight excluding hydrogens is 338 g/mol. The van der Waals surface area contributed by atoms with E-state index in [1.165, 1.54) is 0 Å². The van der Waals surface area contributed by atoms with Gasteiger partial charge in [0.05, 0.1) is 24.2 Å². The quantitative estimate of drug-likeness (QED) is 0.602. The number of ether oxygens (including phenoxy) is 1. The van der Waals surface area contributed by atoms with Crippen molar-refractivity contribution in [2.24, 2.45) is 0 Å². The maximum Gasteiger partial charge on any atom is 0.183 e. The van der Waals surface area contributed by atoms with Gasteiger partial charge in [-0.2, -0.15) is 0 Å². The van der Waals surface area contributed by atoms with Crippen LogP contribution < -0.4 is 5.32 Å². The van der Waals surface area contributed by atoms with Crippen molar-refractivity contribution in [3.05, 3.63) is 33.1 Å². The number of nitrogens with one attached hydrogen (secondary N) is 1. The smallest absolute Gasteiger partial charge is 0.183 e. The fourth-order valence-corrected chi connectivity index (χ4v) is 1.74. The Kier molecular flexibility index (Phi) is 6.34. The van der Waals surface area contributed by atoms with Crippen LogP contribution in [-0.2, 0) is 11.3 Å². The first kappa shape index (κ1) is 14.0. The normalized spacial score (nSPS) is 10.7. The lowest BCUT2D eigenvalue weighted by Crippen LogP contribution is -2.19. The van der Waals surface area contributed by atoms with Gasteiger partial charge in [0.2, 0.25) is 0 Å². The Hall–Kier alpha value is -0.100. The average molecular weight is 353 g/mol. The molecular formula is C11H15Br2NO2. The van der Waals surface area contributed by atoms with E-state index in [0.717, 1.165) is 27.0 Å². The molecule has 1 rings (SSSR count). The summed E-state index contributed by atoms with van der Waals surface area (Å²) in [6.07, 6.45) is 0.